The van der Waals surface area contributed by atoms with E-state index in [0.29, 0.717) is 6.29 Å². The van der Waals surface area contributed by atoms with E-state index in [1.165, 1.54) is 12.1 Å². The molecule has 0 amide bonds. The molecule has 0 heterocycles. The first-order valence-corrected chi connectivity index (χ1v) is 4.29. The number of aldehydes is 1. The van der Waals surface area contributed by atoms with Crippen LogP contribution in [0.3, 0.4) is 0 Å². The third-order valence-corrected chi connectivity index (χ3v) is 1.77. The van der Waals surface area contributed by atoms with Crippen LogP contribution >= 0.6 is 0 Å². The van der Waals surface area contributed by atoms with Crippen molar-refractivity contribution in [2.24, 2.45) is 0 Å². The van der Waals surface area contributed by atoms with Crippen molar-refractivity contribution in [1.29, 1.82) is 0 Å². The van der Waals surface area contributed by atoms with Crippen molar-refractivity contribution in [3.05, 3.63) is 29.3 Å². The maximum atomic E-state index is 12.5. The first-order valence-electron chi connectivity index (χ1n) is 4.29. The molecule has 2 nitrogen and oxygen atoms in total. The summed E-state index contributed by atoms with van der Waals surface area (Å²) in [5.41, 5.74) is -1.01. The van der Waals surface area contributed by atoms with E-state index in [1.54, 1.807) is 6.92 Å². The molecule has 0 saturated heterocycles. The van der Waals surface area contributed by atoms with E-state index < -0.39 is 17.5 Å². The lowest BCUT2D eigenvalue weighted by Crippen LogP contribution is -2.10. The van der Waals surface area contributed by atoms with Crippen LogP contribution in [0.5, 0.6) is 5.75 Å². The van der Waals surface area contributed by atoms with Crippen molar-refractivity contribution >= 4 is 6.29 Å². The molecule has 0 atom stereocenters. The normalized spacial score (nSPS) is 11.2. The summed E-state index contributed by atoms with van der Waals surface area (Å²) in [6.45, 7) is 1.63. The number of ether oxygens (including phenoxy) is 1. The Kier molecular flexibility index (Phi) is 3.34. The molecule has 0 aliphatic heterocycles. The topological polar surface area (TPSA) is 26.3 Å². The highest BCUT2D eigenvalue weighted by Crippen LogP contribution is 2.37. The number of carbonyl (C=O) groups is 1. The first kappa shape index (κ1) is 11.6. The highest BCUT2D eigenvalue weighted by atomic mass is 19.4. The third kappa shape index (κ3) is 2.49. The van der Waals surface area contributed by atoms with Gasteiger partial charge in [-0.1, -0.05) is 6.07 Å². The molecule has 0 saturated carbocycles. The molecule has 82 valence electrons. The zero-order valence-electron chi connectivity index (χ0n) is 7.97. The van der Waals surface area contributed by atoms with Crippen LogP contribution in [0, 0.1) is 0 Å². The van der Waals surface area contributed by atoms with Crippen LogP contribution in [0.25, 0.3) is 0 Å². The van der Waals surface area contributed by atoms with Crippen LogP contribution in [-0.2, 0) is 6.18 Å². The summed E-state index contributed by atoms with van der Waals surface area (Å²) in [4.78, 5) is 10.5. The van der Waals surface area contributed by atoms with Gasteiger partial charge in [-0.15, -0.1) is 0 Å². The van der Waals surface area contributed by atoms with Crippen molar-refractivity contribution in [1.82, 2.24) is 0 Å². The molecule has 5 heteroatoms. The second-order valence-corrected chi connectivity index (χ2v) is 2.77. The zero-order valence-corrected chi connectivity index (χ0v) is 7.97. The van der Waals surface area contributed by atoms with Gasteiger partial charge in [0.25, 0.3) is 0 Å². The van der Waals surface area contributed by atoms with Gasteiger partial charge in [-0.3, -0.25) is 4.79 Å². The highest BCUT2D eigenvalue weighted by molar-refractivity contribution is 5.80. The van der Waals surface area contributed by atoms with Crippen LogP contribution in [-0.4, -0.2) is 12.9 Å². The molecule has 0 bridgehead atoms. The fourth-order valence-electron chi connectivity index (χ4n) is 1.18. The average Bonchev–Trinajstić information content (AvgIpc) is 2.17. The number of rotatable bonds is 3. The smallest absolute Gasteiger partial charge is 0.419 e. The van der Waals surface area contributed by atoms with Gasteiger partial charge in [0.1, 0.15) is 5.75 Å². The van der Waals surface area contributed by atoms with E-state index in [1.807, 2.05) is 0 Å². The predicted octanol–water partition coefficient (Wildman–Crippen LogP) is 2.92. The van der Waals surface area contributed by atoms with Gasteiger partial charge in [0, 0.05) is 0 Å². The Morgan fingerprint density at radius 1 is 1.40 bits per heavy atom. The van der Waals surface area contributed by atoms with Crippen molar-refractivity contribution < 1.29 is 22.7 Å². The Bertz CT molecular complexity index is 358. The summed E-state index contributed by atoms with van der Waals surface area (Å²) in [5, 5.41) is 0. The monoisotopic (exact) mass is 218 g/mol. The molecule has 0 aliphatic rings. The average molecular weight is 218 g/mol. The molecule has 0 aliphatic carbocycles. The van der Waals surface area contributed by atoms with E-state index in [-0.39, 0.29) is 12.2 Å². The fraction of sp³-hybridized carbons (Fsp3) is 0.300. The minimum atomic E-state index is -4.51. The number of carbonyl (C=O) groups excluding carboxylic acids is 1. The molecule has 1 rings (SSSR count). The summed E-state index contributed by atoms with van der Waals surface area (Å²) in [6.07, 6.45) is -4.16. The predicted molar refractivity (Wildman–Crippen MR) is 48.0 cm³/mol. The van der Waals surface area contributed by atoms with Crippen LogP contribution < -0.4 is 4.74 Å². The minimum absolute atomic E-state index is 0.0773. The molecule has 0 radical (unpaired) electrons. The largest absolute Gasteiger partial charge is 0.492 e. The number of para-hydroxylation sites is 1. The van der Waals surface area contributed by atoms with Crippen molar-refractivity contribution in [2.75, 3.05) is 6.61 Å². The Morgan fingerprint density at radius 2 is 2.07 bits per heavy atom. The highest BCUT2D eigenvalue weighted by Gasteiger charge is 2.35. The summed E-state index contributed by atoms with van der Waals surface area (Å²) in [6, 6.07) is 3.35. The molecule has 0 spiro atoms. The van der Waals surface area contributed by atoms with E-state index in [9.17, 15) is 18.0 Å². The minimum Gasteiger partial charge on any atom is -0.492 e. The van der Waals surface area contributed by atoms with Crippen molar-refractivity contribution in [3.8, 4) is 5.75 Å². The Balaban J connectivity index is 3.31. The maximum Gasteiger partial charge on any atom is 0.419 e. The standard InChI is InChI=1S/C10H9F3O2/c1-2-15-9-7(6-14)4-3-5-8(9)10(11,12)13/h3-6H,2H2,1H3. The molecule has 0 aromatic heterocycles. The second-order valence-electron chi connectivity index (χ2n) is 2.77. The Morgan fingerprint density at radius 3 is 2.53 bits per heavy atom. The van der Waals surface area contributed by atoms with Crippen LogP contribution in [0.2, 0.25) is 0 Å². The lowest BCUT2D eigenvalue weighted by atomic mass is 10.1. The lowest BCUT2D eigenvalue weighted by Gasteiger charge is -2.14. The Hall–Kier alpha value is -1.52. The molecule has 0 N–H and O–H groups in total. The van der Waals surface area contributed by atoms with E-state index in [2.05, 4.69) is 0 Å². The van der Waals surface area contributed by atoms with Gasteiger partial charge in [-0.25, -0.2) is 0 Å². The molecule has 0 fully saturated rings. The molecule has 0 unspecified atom stereocenters. The number of halogens is 3. The molecule has 1 aromatic carbocycles. The van der Waals surface area contributed by atoms with Gasteiger partial charge >= 0.3 is 6.18 Å². The second kappa shape index (κ2) is 4.33. The maximum absolute atomic E-state index is 12.5. The molecular formula is C10H9F3O2. The van der Waals surface area contributed by atoms with Gasteiger partial charge in [0.2, 0.25) is 0 Å². The molecule has 1 aromatic rings. The van der Waals surface area contributed by atoms with Crippen molar-refractivity contribution in [2.45, 2.75) is 13.1 Å². The molecular weight excluding hydrogens is 209 g/mol. The number of hydrogen-bond acceptors (Lipinski definition) is 2. The van der Waals surface area contributed by atoms with Gasteiger partial charge in [0.15, 0.2) is 6.29 Å². The summed E-state index contributed by atoms with van der Waals surface area (Å²) >= 11 is 0. The van der Waals surface area contributed by atoms with Gasteiger partial charge in [0.05, 0.1) is 17.7 Å². The van der Waals surface area contributed by atoms with E-state index in [4.69, 9.17) is 4.74 Å². The summed E-state index contributed by atoms with van der Waals surface area (Å²) < 4.78 is 42.3. The third-order valence-electron chi connectivity index (χ3n) is 1.77. The summed E-state index contributed by atoms with van der Waals surface area (Å²) in [5.74, 6) is -0.400. The SMILES string of the molecule is CCOc1c(C=O)cccc1C(F)(F)F. The molecule has 15 heavy (non-hydrogen) atoms. The van der Waals surface area contributed by atoms with Crippen LogP contribution in [0.1, 0.15) is 22.8 Å². The number of hydrogen-bond donors (Lipinski definition) is 0. The zero-order chi connectivity index (χ0) is 11.5. The number of benzene rings is 1. The van der Waals surface area contributed by atoms with E-state index >= 15 is 0 Å². The summed E-state index contributed by atoms with van der Waals surface area (Å²) in [7, 11) is 0. The Labute approximate surface area is 84.7 Å². The first-order chi connectivity index (χ1) is 7.00. The van der Waals surface area contributed by atoms with Crippen LogP contribution in [0.15, 0.2) is 18.2 Å². The number of alkyl halides is 3. The lowest BCUT2D eigenvalue weighted by molar-refractivity contribution is -0.138. The quantitative estimate of drug-likeness (QED) is 0.729. The van der Waals surface area contributed by atoms with Gasteiger partial charge < -0.3 is 4.74 Å². The van der Waals surface area contributed by atoms with Gasteiger partial charge in [-0.2, -0.15) is 13.2 Å². The fourth-order valence-corrected chi connectivity index (χ4v) is 1.18. The van der Waals surface area contributed by atoms with Gasteiger partial charge in [-0.05, 0) is 19.1 Å². The van der Waals surface area contributed by atoms with Crippen molar-refractivity contribution in [3.63, 3.8) is 0 Å². The van der Waals surface area contributed by atoms with E-state index in [0.717, 1.165) is 6.07 Å². The van der Waals surface area contributed by atoms with Crippen LogP contribution in [0.4, 0.5) is 13.2 Å².